The third kappa shape index (κ3) is 5.41. The van der Waals surface area contributed by atoms with Crippen LogP contribution in [0.1, 0.15) is 20.8 Å². The van der Waals surface area contributed by atoms with Crippen LogP contribution >= 0.6 is 0 Å². The summed E-state index contributed by atoms with van der Waals surface area (Å²) < 4.78 is 12.3. The van der Waals surface area contributed by atoms with Crippen LogP contribution in [0.5, 0.6) is 0 Å². The summed E-state index contributed by atoms with van der Waals surface area (Å²) in [4.78, 5) is 6.92. The van der Waals surface area contributed by atoms with Crippen molar-refractivity contribution in [2.24, 2.45) is 15.9 Å². The summed E-state index contributed by atoms with van der Waals surface area (Å²) in [5.41, 5.74) is 0. The molecule has 0 aromatic heterocycles. The second-order valence-electron chi connectivity index (χ2n) is 2.27. The lowest BCUT2D eigenvalue weighted by Crippen LogP contribution is -1.91. The van der Waals surface area contributed by atoms with Gasteiger partial charge >= 0.3 is 6.09 Å². The number of halogens is 1. The van der Waals surface area contributed by atoms with E-state index in [2.05, 4.69) is 9.98 Å². The summed E-state index contributed by atoms with van der Waals surface area (Å²) >= 11 is 0. The van der Waals surface area contributed by atoms with Crippen molar-refractivity contribution < 1.29 is 4.39 Å². The minimum Gasteiger partial charge on any atom is -0.241 e. The van der Waals surface area contributed by atoms with Gasteiger partial charge in [0.05, 0.1) is 0 Å². The Morgan fingerprint density at radius 3 is 2.60 bits per heavy atom. The first-order valence-corrected chi connectivity index (χ1v) is 3.41. The fraction of sp³-hybridized carbons (Fsp3) is 0.714. The Morgan fingerprint density at radius 2 is 2.20 bits per heavy atom. The molecule has 0 bridgehead atoms. The maximum absolute atomic E-state index is 12.3. The number of hydrogen-bond acceptors (Lipinski definition) is 1. The number of nitrogens with zero attached hydrogens (tertiary/aromatic N) is 2. The third-order valence-electron chi connectivity index (χ3n) is 0.768. The molecule has 0 atom stereocenters. The SMILES string of the molecule is CCN=C(F)N=CC(C)C. The van der Waals surface area contributed by atoms with Gasteiger partial charge in [0.2, 0.25) is 0 Å². The first-order chi connectivity index (χ1) is 4.66. The number of rotatable bonds is 2. The molecule has 0 heterocycles. The van der Waals surface area contributed by atoms with E-state index in [0.29, 0.717) is 6.54 Å². The lowest BCUT2D eigenvalue weighted by Gasteiger charge is -1.90. The van der Waals surface area contributed by atoms with Crippen molar-refractivity contribution in [3.8, 4) is 0 Å². The lowest BCUT2D eigenvalue weighted by molar-refractivity contribution is 0.775. The maximum atomic E-state index is 12.3. The van der Waals surface area contributed by atoms with Crippen LogP contribution in [0.3, 0.4) is 0 Å². The Balaban J connectivity index is 3.77. The summed E-state index contributed by atoms with van der Waals surface area (Å²) in [6.45, 7) is 6.08. The second kappa shape index (κ2) is 5.09. The Bertz CT molecular complexity index is 139. The summed E-state index contributed by atoms with van der Waals surface area (Å²) in [6, 6.07) is 0. The molecule has 0 aliphatic heterocycles. The summed E-state index contributed by atoms with van der Waals surface area (Å²) in [5.74, 6) is 0.276. The van der Waals surface area contributed by atoms with Gasteiger partial charge in [-0.05, 0) is 12.8 Å². The Hall–Kier alpha value is -0.730. The topological polar surface area (TPSA) is 24.7 Å². The van der Waals surface area contributed by atoms with E-state index >= 15 is 0 Å². The predicted octanol–water partition coefficient (Wildman–Crippen LogP) is 2.06. The first kappa shape index (κ1) is 9.27. The van der Waals surface area contributed by atoms with Crippen LogP contribution in [0.2, 0.25) is 0 Å². The van der Waals surface area contributed by atoms with Crippen LogP contribution in [0.4, 0.5) is 4.39 Å². The molecule has 2 nitrogen and oxygen atoms in total. The van der Waals surface area contributed by atoms with Gasteiger partial charge in [-0.3, -0.25) is 0 Å². The Morgan fingerprint density at radius 1 is 1.60 bits per heavy atom. The molecule has 0 saturated heterocycles. The fourth-order valence-electron chi connectivity index (χ4n) is 0.382. The zero-order valence-electron chi connectivity index (χ0n) is 6.63. The summed E-state index contributed by atoms with van der Waals surface area (Å²) in [7, 11) is 0. The highest BCUT2D eigenvalue weighted by Gasteiger charge is 1.89. The average Bonchev–Trinajstić information content (AvgIpc) is 1.85. The zero-order chi connectivity index (χ0) is 7.98. The van der Waals surface area contributed by atoms with E-state index in [1.165, 1.54) is 6.21 Å². The van der Waals surface area contributed by atoms with Gasteiger partial charge in [-0.25, -0.2) is 9.98 Å². The van der Waals surface area contributed by atoms with Crippen LogP contribution in [0, 0.1) is 5.92 Å². The van der Waals surface area contributed by atoms with Crippen LogP contribution in [0.25, 0.3) is 0 Å². The van der Waals surface area contributed by atoms with Gasteiger partial charge in [-0.15, -0.1) is 0 Å². The highest BCUT2D eigenvalue weighted by atomic mass is 19.1. The fourth-order valence-corrected chi connectivity index (χ4v) is 0.382. The molecule has 0 N–H and O–H groups in total. The monoisotopic (exact) mass is 144 g/mol. The molecule has 10 heavy (non-hydrogen) atoms. The maximum Gasteiger partial charge on any atom is 0.303 e. The molecule has 0 amide bonds. The molecule has 3 heteroatoms. The third-order valence-corrected chi connectivity index (χ3v) is 0.768. The van der Waals surface area contributed by atoms with E-state index in [1.807, 2.05) is 13.8 Å². The highest BCUT2D eigenvalue weighted by Crippen LogP contribution is 1.88. The van der Waals surface area contributed by atoms with E-state index < -0.39 is 6.09 Å². The van der Waals surface area contributed by atoms with Crippen molar-refractivity contribution in [2.45, 2.75) is 20.8 Å². The predicted molar refractivity (Wildman–Crippen MR) is 42.4 cm³/mol. The molecule has 0 unspecified atom stereocenters. The van der Waals surface area contributed by atoms with Crippen molar-refractivity contribution in [3.63, 3.8) is 0 Å². The quantitative estimate of drug-likeness (QED) is 0.322. The van der Waals surface area contributed by atoms with Gasteiger partial charge in [0.15, 0.2) is 0 Å². The highest BCUT2D eigenvalue weighted by molar-refractivity contribution is 5.82. The molecule has 0 rings (SSSR count). The molecule has 0 aliphatic carbocycles. The average molecular weight is 144 g/mol. The van der Waals surface area contributed by atoms with E-state index in [9.17, 15) is 4.39 Å². The molecular weight excluding hydrogens is 131 g/mol. The van der Waals surface area contributed by atoms with Crippen molar-refractivity contribution in [2.75, 3.05) is 6.54 Å². The van der Waals surface area contributed by atoms with E-state index in [0.717, 1.165) is 0 Å². The Labute approximate surface area is 60.9 Å². The van der Waals surface area contributed by atoms with Gasteiger partial charge in [0.25, 0.3) is 0 Å². The van der Waals surface area contributed by atoms with E-state index in [-0.39, 0.29) is 5.92 Å². The largest absolute Gasteiger partial charge is 0.303 e. The van der Waals surface area contributed by atoms with Crippen LogP contribution in [0.15, 0.2) is 9.98 Å². The molecule has 0 fully saturated rings. The van der Waals surface area contributed by atoms with Gasteiger partial charge in [0, 0.05) is 12.8 Å². The van der Waals surface area contributed by atoms with Crippen LogP contribution < -0.4 is 0 Å². The number of aliphatic imine (C=N–C) groups is 2. The van der Waals surface area contributed by atoms with Crippen molar-refractivity contribution in [1.29, 1.82) is 0 Å². The summed E-state index contributed by atoms with van der Waals surface area (Å²) in [6.07, 6.45) is 0.908. The standard InChI is InChI=1S/C7H13FN2/c1-4-9-7(8)10-5-6(2)3/h5-6H,4H2,1-3H3. The summed E-state index contributed by atoms with van der Waals surface area (Å²) in [5, 5.41) is 0. The molecule has 0 aliphatic rings. The smallest absolute Gasteiger partial charge is 0.241 e. The zero-order valence-corrected chi connectivity index (χ0v) is 6.63. The normalized spacial score (nSPS) is 13.5. The van der Waals surface area contributed by atoms with Gasteiger partial charge in [0.1, 0.15) is 0 Å². The molecule has 0 aromatic rings. The number of amidine groups is 1. The molecule has 0 aromatic carbocycles. The molecule has 58 valence electrons. The van der Waals surface area contributed by atoms with E-state index in [1.54, 1.807) is 6.92 Å². The van der Waals surface area contributed by atoms with Crippen LogP contribution in [-0.2, 0) is 0 Å². The molecular formula is C7H13FN2. The first-order valence-electron chi connectivity index (χ1n) is 3.41. The van der Waals surface area contributed by atoms with Crippen LogP contribution in [-0.4, -0.2) is 18.8 Å². The van der Waals surface area contributed by atoms with Crippen molar-refractivity contribution in [1.82, 2.24) is 0 Å². The van der Waals surface area contributed by atoms with E-state index in [4.69, 9.17) is 0 Å². The second-order valence-corrected chi connectivity index (χ2v) is 2.27. The van der Waals surface area contributed by atoms with Crippen molar-refractivity contribution >= 4 is 12.3 Å². The lowest BCUT2D eigenvalue weighted by atomic mass is 10.3. The van der Waals surface area contributed by atoms with Crippen molar-refractivity contribution in [3.05, 3.63) is 0 Å². The minimum absolute atomic E-state index is 0.276. The van der Waals surface area contributed by atoms with Gasteiger partial charge in [-0.2, -0.15) is 4.39 Å². The van der Waals surface area contributed by atoms with Gasteiger partial charge < -0.3 is 0 Å². The molecule has 0 radical (unpaired) electrons. The van der Waals surface area contributed by atoms with Gasteiger partial charge in [-0.1, -0.05) is 13.8 Å². The molecule has 0 spiro atoms. The minimum atomic E-state index is -0.629. The Kier molecular flexibility index (Phi) is 4.72. The molecule has 0 saturated carbocycles. The number of hydrogen-bond donors (Lipinski definition) is 0.